The van der Waals surface area contributed by atoms with E-state index >= 15 is 0 Å². The summed E-state index contributed by atoms with van der Waals surface area (Å²) in [7, 11) is -3.28. The van der Waals surface area contributed by atoms with Gasteiger partial charge in [-0.25, -0.2) is 0 Å². The summed E-state index contributed by atoms with van der Waals surface area (Å²) < 4.78 is 28.5. The maximum Gasteiger partial charge on any atom is 0.281 e. The first-order valence-corrected chi connectivity index (χ1v) is 8.80. The van der Waals surface area contributed by atoms with Crippen molar-refractivity contribution in [2.75, 3.05) is 32.8 Å². The SMILES string of the molecule is CC1CCCN(S(=O)(=O)N2CCCC(CCO)C2)C1. The molecule has 2 saturated heterocycles. The number of nitrogens with zero attached hydrogens (tertiary/aromatic N) is 2. The van der Waals surface area contributed by atoms with Gasteiger partial charge in [0, 0.05) is 32.8 Å². The predicted octanol–water partition coefficient (Wildman–Crippen LogP) is 1.06. The monoisotopic (exact) mass is 290 g/mol. The molecule has 5 nitrogen and oxygen atoms in total. The molecule has 2 rings (SSSR count). The largest absolute Gasteiger partial charge is 0.396 e. The summed E-state index contributed by atoms with van der Waals surface area (Å²) in [4.78, 5) is 0. The van der Waals surface area contributed by atoms with Crippen molar-refractivity contribution in [2.24, 2.45) is 11.8 Å². The highest BCUT2D eigenvalue weighted by Gasteiger charge is 2.35. The van der Waals surface area contributed by atoms with Crippen LogP contribution < -0.4 is 0 Å². The molecule has 0 radical (unpaired) electrons. The molecular formula is C13H26N2O3S. The molecule has 1 N–H and O–H groups in total. The maximum atomic E-state index is 12.6. The fourth-order valence-electron chi connectivity index (χ4n) is 3.17. The third-order valence-electron chi connectivity index (χ3n) is 4.29. The summed E-state index contributed by atoms with van der Waals surface area (Å²) in [6.07, 6.45) is 4.74. The second-order valence-corrected chi connectivity index (χ2v) is 7.92. The van der Waals surface area contributed by atoms with Crippen LogP contribution in [0.25, 0.3) is 0 Å². The van der Waals surface area contributed by atoms with Gasteiger partial charge in [-0.1, -0.05) is 6.92 Å². The summed E-state index contributed by atoms with van der Waals surface area (Å²) in [5.41, 5.74) is 0. The van der Waals surface area contributed by atoms with Gasteiger partial charge in [-0.05, 0) is 43.9 Å². The molecule has 6 heteroatoms. The molecule has 0 spiro atoms. The fraction of sp³-hybridized carbons (Fsp3) is 1.00. The molecule has 112 valence electrons. The van der Waals surface area contributed by atoms with Gasteiger partial charge in [0.05, 0.1) is 0 Å². The summed E-state index contributed by atoms with van der Waals surface area (Å²) in [5, 5.41) is 9.01. The lowest BCUT2D eigenvalue weighted by Gasteiger charge is -2.38. The molecule has 2 fully saturated rings. The number of piperidine rings is 2. The number of rotatable bonds is 4. The van der Waals surface area contributed by atoms with Crippen LogP contribution in [0.3, 0.4) is 0 Å². The van der Waals surface area contributed by atoms with Crippen molar-refractivity contribution >= 4 is 10.2 Å². The highest BCUT2D eigenvalue weighted by atomic mass is 32.2. The van der Waals surface area contributed by atoms with Crippen molar-refractivity contribution in [2.45, 2.75) is 39.0 Å². The van der Waals surface area contributed by atoms with Crippen molar-refractivity contribution in [3.63, 3.8) is 0 Å². The quantitative estimate of drug-likeness (QED) is 0.842. The highest BCUT2D eigenvalue weighted by molar-refractivity contribution is 7.86. The van der Waals surface area contributed by atoms with Gasteiger partial charge in [0.15, 0.2) is 0 Å². The van der Waals surface area contributed by atoms with Crippen LogP contribution >= 0.6 is 0 Å². The van der Waals surface area contributed by atoms with E-state index in [0.29, 0.717) is 44.4 Å². The molecule has 0 aromatic heterocycles. The molecular weight excluding hydrogens is 264 g/mol. The zero-order valence-electron chi connectivity index (χ0n) is 11.8. The van der Waals surface area contributed by atoms with Gasteiger partial charge < -0.3 is 5.11 Å². The van der Waals surface area contributed by atoms with Crippen LogP contribution in [0.5, 0.6) is 0 Å². The summed E-state index contributed by atoms with van der Waals surface area (Å²) in [5.74, 6) is 0.775. The topological polar surface area (TPSA) is 60.9 Å². The third-order valence-corrected chi connectivity index (χ3v) is 6.26. The van der Waals surface area contributed by atoms with Gasteiger partial charge in [0.25, 0.3) is 10.2 Å². The molecule has 0 aliphatic carbocycles. The highest BCUT2D eigenvalue weighted by Crippen LogP contribution is 2.26. The van der Waals surface area contributed by atoms with E-state index in [1.54, 1.807) is 8.61 Å². The van der Waals surface area contributed by atoms with Crippen LogP contribution in [0.2, 0.25) is 0 Å². The van der Waals surface area contributed by atoms with Crippen molar-refractivity contribution < 1.29 is 13.5 Å². The Balaban J connectivity index is 2.02. The molecule has 0 aromatic rings. The van der Waals surface area contributed by atoms with Crippen molar-refractivity contribution in [3.05, 3.63) is 0 Å². The Morgan fingerprint density at radius 3 is 2.37 bits per heavy atom. The van der Waals surface area contributed by atoms with Crippen LogP contribution in [0, 0.1) is 11.8 Å². The average Bonchev–Trinajstić information content (AvgIpc) is 2.39. The third kappa shape index (κ3) is 3.68. The first kappa shape index (κ1) is 15.2. The summed E-state index contributed by atoms with van der Waals surface area (Å²) in [6, 6.07) is 0. The lowest BCUT2D eigenvalue weighted by molar-refractivity contribution is 0.189. The molecule has 2 atom stereocenters. The first-order chi connectivity index (χ1) is 9.04. The molecule has 2 heterocycles. The van der Waals surface area contributed by atoms with Gasteiger partial charge in [0.2, 0.25) is 0 Å². The molecule has 2 aliphatic heterocycles. The van der Waals surface area contributed by atoms with E-state index in [1.165, 1.54) is 0 Å². The molecule has 19 heavy (non-hydrogen) atoms. The molecule has 0 aromatic carbocycles. The maximum absolute atomic E-state index is 12.6. The van der Waals surface area contributed by atoms with Crippen LogP contribution in [0.4, 0.5) is 0 Å². The Hall–Kier alpha value is -0.170. The number of hydrogen-bond donors (Lipinski definition) is 1. The van der Waals surface area contributed by atoms with E-state index in [0.717, 1.165) is 25.7 Å². The van der Waals surface area contributed by atoms with E-state index in [2.05, 4.69) is 6.92 Å². The molecule has 2 aliphatic rings. The lowest BCUT2D eigenvalue weighted by Crippen LogP contribution is -2.50. The molecule has 0 amide bonds. The number of aliphatic hydroxyl groups excluding tert-OH is 1. The van der Waals surface area contributed by atoms with Crippen LogP contribution in [-0.2, 0) is 10.2 Å². The standard InChI is InChI=1S/C13H26N2O3S/c1-12-4-2-7-14(10-12)19(17,18)15-8-3-5-13(11-15)6-9-16/h12-13,16H,2-11H2,1H3. The second kappa shape index (κ2) is 6.52. The lowest BCUT2D eigenvalue weighted by atomic mass is 9.97. The fourth-order valence-corrected chi connectivity index (χ4v) is 5.06. The van der Waals surface area contributed by atoms with E-state index < -0.39 is 10.2 Å². The van der Waals surface area contributed by atoms with Gasteiger partial charge >= 0.3 is 0 Å². The van der Waals surface area contributed by atoms with E-state index in [4.69, 9.17) is 5.11 Å². The van der Waals surface area contributed by atoms with Gasteiger partial charge in [0.1, 0.15) is 0 Å². The summed E-state index contributed by atoms with van der Waals surface area (Å²) in [6.45, 7) is 4.80. The Bertz CT molecular complexity index is 383. The number of aliphatic hydroxyl groups is 1. The first-order valence-electron chi connectivity index (χ1n) is 7.40. The Labute approximate surface area is 116 Å². The Morgan fingerprint density at radius 1 is 1.11 bits per heavy atom. The Kier molecular flexibility index (Phi) is 5.22. The minimum atomic E-state index is -3.28. The van der Waals surface area contributed by atoms with Crippen LogP contribution in [0.15, 0.2) is 0 Å². The van der Waals surface area contributed by atoms with E-state index in [1.807, 2.05) is 0 Å². The Morgan fingerprint density at radius 2 is 1.74 bits per heavy atom. The van der Waals surface area contributed by atoms with Crippen molar-refractivity contribution in [1.29, 1.82) is 0 Å². The van der Waals surface area contributed by atoms with Gasteiger partial charge in [-0.15, -0.1) is 0 Å². The normalized spacial score (nSPS) is 31.5. The van der Waals surface area contributed by atoms with Gasteiger partial charge in [-0.2, -0.15) is 17.0 Å². The zero-order valence-corrected chi connectivity index (χ0v) is 12.6. The van der Waals surface area contributed by atoms with Crippen LogP contribution in [-0.4, -0.2) is 54.9 Å². The van der Waals surface area contributed by atoms with E-state index in [9.17, 15) is 8.42 Å². The minimum absolute atomic E-state index is 0.152. The molecule has 0 saturated carbocycles. The zero-order chi connectivity index (χ0) is 13.9. The molecule has 2 unspecified atom stereocenters. The minimum Gasteiger partial charge on any atom is -0.396 e. The van der Waals surface area contributed by atoms with E-state index in [-0.39, 0.29) is 6.61 Å². The predicted molar refractivity (Wildman–Crippen MR) is 74.9 cm³/mol. The second-order valence-electron chi connectivity index (χ2n) is 5.99. The van der Waals surface area contributed by atoms with Crippen molar-refractivity contribution in [3.8, 4) is 0 Å². The number of hydrogen-bond acceptors (Lipinski definition) is 3. The average molecular weight is 290 g/mol. The molecule has 0 bridgehead atoms. The smallest absolute Gasteiger partial charge is 0.281 e. The summed E-state index contributed by atoms with van der Waals surface area (Å²) >= 11 is 0. The van der Waals surface area contributed by atoms with Gasteiger partial charge in [-0.3, -0.25) is 0 Å². The van der Waals surface area contributed by atoms with Crippen LogP contribution in [0.1, 0.15) is 39.0 Å². The van der Waals surface area contributed by atoms with Crippen molar-refractivity contribution in [1.82, 2.24) is 8.61 Å².